The summed E-state index contributed by atoms with van der Waals surface area (Å²) in [5.41, 5.74) is 4.77. The normalized spacial score (nSPS) is 14.7. The molecule has 0 aromatic heterocycles. The predicted octanol–water partition coefficient (Wildman–Crippen LogP) is 3.72. The van der Waals surface area contributed by atoms with Gasteiger partial charge in [-0.1, -0.05) is 17.7 Å². The Kier molecular flexibility index (Phi) is 6.00. The lowest BCUT2D eigenvalue weighted by molar-refractivity contribution is -0.115. The third-order valence-corrected chi connectivity index (χ3v) is 3.80. The van der Waals surface area contributed by atoms with Crippen molar-refractivity contribution in [1.29, 1.82) is 0 Å². The second-order valence-electron chi connectivity index (χ2n) is 5.96. The zero-order valence-electron chi connectivity index (χ0n) is 13.2. The maximum Gasteiger partial charge on any atom is 0.238 e. The molecular weight excluding hydrogens is 260 g/mol. The fraction of sp³-hybridized carbons (Fsp3) is 0.500. The Morgan fingerprint density at radius 3 is 2.57 bits per heavy atom. The second kappa shape index (κ2) is 7.99. The zero-order chi connectivity index (χ0) is 15.1. The smallest absolute Gasteiger partial charge is 0.238 e. The summed E-state index contributed by atoms with van der Waals surface area (Å²) in [4.78, 5) is 11.9. The summed E-state index contributed by atoms with van der Waals surface area (Å²) in [5.74, 6) is 0.0256. The van der Waals surface area contributed by atoms with E-state index in [0.717, 1.165) is 18.7 Å². The summed E-state index contributed by atoms with van der Waals surface area (Å²) in [6.45, 7) is 5.34. The molecule has 0 aliphatic heterocycles. The van der Waals surface area contributed by atoms with Crippen molar-refractivity contribution in [2.24, 2.45) is 0 Å². The largest absolute Gasteiger partial charge is 0.325 e. The lowest BCUT2D eigenvalue weighted by Gasteiger charge is -2.13. The van der Waals surface area contributed by atoms with Gasteiger partial charge in [-0.3, -0.25) is 4.79 Å². The first-order valence-corrected chi connectivity index (χ1v) is 7.90. The maximum atomic E-state index is 11.9. The molecule has 0 saturated carbocycles. The summed E-state index contributed by atoms with van der Waals surface area (Å²) in [6.07, 6.45) is 8.53. The number of nitrogens with one attached hydrogen (secondary N) is 2. The molecule has 0 heterocycles. The Labute approximate surface area is 127 Å². The Balaban J connectivity index is 1.68. The molecule has 1 aliphatic rings. The quantitative estimate of drug-likeness (QED) is 0.618. The minimum Gasteiger partial charge on any atom is -0.325 e. The second-order valence-corrected chi connectivity index (χ2v) is 5.96. The van der Waals surface area contributed by atoms with Gasteiger partial charge in [0.1, 0.15) is 0 Å². The maximum absolute atomic E-state index is 11.9. The number of allylic oxidation sites excluding steroid dienone is 1. The van der Waals surface area contributed by atoms with Crippen LogP contribution in [0, 0.1) is 13.8 Å². The highest BCUT2D eigenvalue weighted by Gasteiger charge is 2.05. The van der Waals surface area contributed by atoms with Crippen molar-refractivity contribution in [3.05, 3.63) is 41.0 Å². The van der Waals surface area contributed by atoms with Gasteiger partial charge in [-0.2, -0.15) is 0 Å². The van der Waals surface area contributed by atoms with E-state index in [4.69, 9.17) is 0 Å². The number of amides is 1. The third-order valence-electron chi connectivity index (χ3n) is 3.80. The van der Waals surface area contributed by atoms with Gasteiger partial charge in [0.15, 0.2) is 0 Å². The lowest BCUT2D eigenvalue weighted by Crippen LogP contribution is -2.29. The van der Waals surface area contributed by atoms with E-state index in [-0.39, 0.29) is 5.91 Å². The van der Waals surface area contributed by atoms with Crippen LogP contribution in [0.3, 0.4) is 0 Å². The van der Waals surface area contributed by atoms with Crippen LogP contribution in [-0.4, -0.2) is 19.0 Å². The number of anilines is 1. The average Bonchev–Trinajstić information content (AvgIpc) is 2.43. The molecule has 114 valence electrons. The van der Waals surface area contributed by atoms with Gasteiger partial charge in [0.05, 0.1) is 6.54 Å². The van der Waals surface area contributed by atoms with Crippen molar-refractivity contribution < 1.29 is 4.79 Å². The van der Waals surface area contributed by atoms with Gasteiger partial charge in [0.25, 0.3) is 0 Å². The Bertz CT molecular complexity index is 500. The monoisotopic (exact) mass is 286 g/mol. The first kappa shape index (κ1) is 15.8. The number of carbonyl (C=O) groups is 1. The van der Waals surface area contributed by atoms with Crippen LogP contribution in [0.4, 0.5) is 5.69 Å². The Hall–Kier alpha value is -1.61. The van der Waals surface area contributed by atoms with E-state index in [1.54, 1.807) is 5.57 Å². The molecule has 3 nitrogen and oxygen atoms in total. The van der Waals surface area contributed by atoms with Crippen molar-refractivity contribution in [2.45, 2.75) is 46.0 Å². The molecule has 0 bridgehead atoms. The number of carbonyl (C=O) groups excluding carboxylic acids is 1. The fourth-order valence-corrected chi connectivity index (χ4v) is 2.83. The van der Waals surface area contributed by atoms with Crippen LogP contribution in [-0.2, 0) is 4.79 Å². The highest BCUT2D eigenvalue weighted by molar-refractivity contribution is 5.92. The van der Waals surface area contributed by atoms with E-state index in [1.165, 1.54) is 36.8 Å². The van der Waals surface area contributed by atoms with E-state index < -0.39 is 0 Å². The van der Waals surface area contributed by atoms with Gasteiger partial charge in [-0.05, 0) is 75.8 Å². The summed E-state index contributed by atoms with van der Waals surface area (Å²) in [7, 11) is 0. The van der Waals surface area contributed by atoms with Crippen molar-refractivity contribution in [3.8, 4) is 0 Å². The van der Waals surface area contributed by atoms with E-state index in [1.807, 2.05) is 26.0 Å². The van der Waals surface area contributed by atoms with Gasteiger partial charge < -0.3 is 10.6 Å². The number of hydrogen-bond acceptors (Lipinski definition) is 2. The summed E-state index contributed by atoms with van der Waals surface area (Å²) in [6, 6.07) is 6.10. The molecule has 0 unspecified atom stereocenters. The molecule has 0 atom stereocenters. The number of aryl methyl sites for hydroxylation is 2. The van der Waals surface area contributed by atoms with E-state index in [0.29, 0.717) is 6.54 Å². The van der Waals surface area contributed by atoms with Crippen LogP contribution >= 0.6 is 0 Å². The summed E-state index contributed by atoms with van der Waals surface area (Å²) in [5, 5.41) is 6.18. The van der Waals surface area contributed by atoms with Gasteiger partial charge >= 0.3 is 0 Å². The number of hydrogen-bond donors (Lipinski definition) is 2. The van der Waals surface area contributed by atoms with E-state index in [9.17, 15) is 4.79 Å². The van der Waals surface area contributed by atoms with Crippen molar-refractivity contribution in [1.82, 2.24) is 5.32 Å². The van der Waals surface area contributed by atoms with Crippen molar-refractivity contribution in [2.75, 3.05) is 18.4 Å². The molecule has 0 fully saturated rings. The van der Waals surface area contributed by atoms with Crippen LogP contribution in [0.2, 0.25) is 0 Å². The van der Waals surface area contributed by atoms with Crippen LogP contribution in [0.5, 0.6) is 0 Å². The zero-order valence-corrected chi connectivity index (χ0v) is 13.2. The molecule has 1 aliphatic carbocycles. The summed E-state index contributed by atoms with van der Waals surface area (Å²) >= 11 is 0. The first-order chi connectivity index (χ1) is 10.1. The Morgan fingerprint density at radius 2 is 1.90 bits per heavy atom. The van der Waals surface area contributed by atoms with Gasteiger partial charge in [0.2, 0.25) is 5.91 Å². The van der Waals surface area contributed by atoms with E-state index >= 15 is 0 Å². The summed E-state index contributed by atoms with van der Waals surface area (Å²) < 4.78 is 0. The average molecular weight is 286 g/mol. The minimum absolute atomic E-state index is 0.0256. The highest BCUT2D eigenvalue weighted by atomic mass is 16.1. The molecule has 1 aromatic carbocycles. The SMILES string of the molecule is Cc1cc(C)cc(NC(=O)CNCCC2=CCCCC2)c1. The molecule has 0 radical (unpaired) electrons. The van der Waals surface area contributed by atoms with Crippen LogP contribution in [0.15, 0.2) is 29.8 Å². The van der Waals surface area contributed by atoms with Gasteiger partial charge in [-0.15, -0.1) is 0 Å². The molecule has 0 spiro atoms. The van der Waals surface area contributed by atoms with Crippen LogP contribution in [0.1, 0.15) is 43.2 Å². The van der Waals surface area contributed by atoms with Gasteiger partial charge in [0, 0.05) is 5.69 Å². The van der Waals surface area contributed by atoms with E-state index in [2.05, 4.69) is 22.8 Å². The van der Waals surface area contributed by atoms with Crippen molar-refractivity contribution >= 4 is 11.6 Å². The molecule has 2 rings (SSSR count). The first-order valence-electron chi connectivity index (χ1n) is 7.90. The minimum atomic E-state index is 0.0256. The van der Waals surface area contributed by atoms with Crippen LogP contribution < -0.4 is 10.6 Å². The van der Waals surface area contributed by atoms with Gasteiger partial charge in [-0.25, -0.2) is 0 Å². The van der Waals surface area contributed by atoms with Crippen molar-refractivity contribution in [3.63, 3.8) is 0 Å². The third kappa shape index (κ3) is 5.72. The molecule has 1 aromatic rings. The highest BCUT2D eigenvalue weighted by Crippen LogP contribution is 2.19. The fourth-order valence-electron chi connectivity index (χ4n) is 2.83. The molecular formula is C18H26N2O. The lowest BCUT2D eigenvalue weighted by atomic mass is 9.97. The molecule has 2 N–H and O–H groups in total. The Morgan fingerprint density at radius 1 is 1.14 bits per heavy atom. The predicted molar refractivity (Wildman–Crippen MR) is 88.6 cm³/mol. The molecule has 0 saturated heterocycles. The standard InChI is InChI=1S/C18H26N2O/c1-14-10-15(2)12-17(11-14)20-18(21)13-19-9-8-16-6-4-3-5-7-16/h6,10-12,19H,3-5,7-9,13H2,1-2H3,(H,20,21). The topological polar surface area (TPSA) is 41.1 Å². The molecule has 1 amide bonds. The number of rotatable bonds is 6. The van der Waals surface area contributed by atoms with Crippen LogP contribution in [0.25, 0.3) is 0 Å². The number of benzene rings is 1. The molecule has 3 heteroatoms. The molecule has 21 heavy (non-hydrogen) atoms.